The molecule has 0 atom stereocenters. The van der Waals surface area contributed by atoms with Crippen LogP contribution in [0, 0.1) is 5.92 Å². The Labute approximate surface area is 107 Å². The second-order valence-corrected chi connectivity index (χ2v) is 4.87. The second kappa shape index (κ2) is 5.89. The molecule has 5 heteroatoms. The highest BCUT2D eigenvalue weighted by Gasteiger charge is 2.20. The number of carbonyl (C=O) groups is 1. The molecule has 0 saturated heterocycles. The highest BCUT2D eigenvalue weighted by atomic mass is 16.5. The van der Waals surface area contributed by atoms with Crippen molar-refractivity contribution < 1.29 is 9.53 Å². The predicted molar refractivity (Wildman–Crippen MR) is 69.2 cm³/mol. The molecule has 0 radical (unpaired) electrons. The molecule has 1 heterocycles. The Morgan fingerprint density at radius 1 is 1.50 bits per heavy atom. The number of rotatable bonds is 4. The van der Waals surface area contributed by atoms with E-state index in [1.165, 1.54) is 25.5 Å². The van der Waals surface area contributed by atoms with Gasteiger partial charge in [0.05, 0.1) is 18.5 Å². The molecule has 1 aliphatic carbocycles. The largest absolute Gasteiger partial charge is 0.461 e. The van der Waals surface area contributed by atoms with E-state index in [2.05, 4.69) is 5.10 Å². The van der Waals surface area contributed by atoms with E-state index in [1.807, 2.05) is 6.92 Å². The Hall–Kier alpha value is -1.52. The van der Waals surface area contributed by atoms with Crippen LogP contribution in [0.4, 0.5) is 5.69 Å². The van der Waals surface area contributed by atoms with Crippen LogP contribution in [0.25, 0.3) is 0 Å². The molecular formula is C13H21N3O2. The molecule has 0 aromatic carbocycles. The van der Waals surface area contributed by atoms with Gasteiger partial charge < -0.3 is 10.5 Å². The van der Waals surface area contributed by atoms with Crippen LogP contribution in [0.5, 0.6) is 0 Å². The maximum absolute atomic E-state index is 12.0. The lowest BCUT2D eigenvalue weighted by Gasteiger charge is -2.21. The summed E-state index contributed by atoms with van der Waals surface area (Å²) in [6, 6.07) is 0. The molecule has 0 bridgehead atoms. The van der Waals surface area contributed by atoms with Crippen molar-refractivity contribution in [2.45, 2.75) is 45.6 Å². The first-order valence-electron chi connectivity index (χ1n) is 6.70. The van der Waals surface area contributed by atoms with E-state index in [9.17, 15) is 4.79 Å². The van der Waals surface area contributed by atoms with Crippen molar-refractivity contribution >= 4 is 11.7 Å². The van der Waals surface area contributed by atoms with E-state index in [4.69, 9.17) is 10.5 Å². The van der Waals surface area contributed by atoms with Gasteiger partial charge in [0.1, 0.15) is 0 Å². The third-order valence-corrected chi connectivity index (χ3v) is 3.54. The molecule has 5 nitrogen and oxygen atoms in total. The van der Waals surface area contributed by atoms with Crippen molar-refractivity contribution in [3.05, 3.63) is 11.9 Å². The van der Waals surface area contributed by atoms with Gasteiger partial charge in [-0.1, -0.05) is 19.3 Å². The smallest absolute Gasteiger partial charge is 0.358 e. The van der Waals surface area contributed by atoms with E-state index in [0.717, 1.165) is 12.8 Å². The highest BCUT2D eigenvalue weighted by Crippen LogP contribution is 2.24. The number of anilines is 1. The summed E-state index contributed by atoms with van der Waals surface area (Å²) in [6.45, 7) is 3.04. The highest BCUT2D eigenvalue weighted by molar-refractivity contribution is 5.93. The monoisotopic (exact) mass is 251 g/mol. The minimum atomic E-state index is -0.350. The molecule has 1 aliphatic rings. The van der Waals surface area contributed by atoms with Gasteiger partial charge in [0.2, 0.25) is 0 Å². The number of nitrogens with two attached hydrogens (primary N) is 1. The van der Waals surface area contributed by atoms with Gasteiger partial charge in [-0.05, 0) is 25.7 Å². The van der Waals surface area contributed by atoms with Crippen LogP contribution in [-0.4, -0.2) is 22.4 Å². The van der Waals surface area contributed by atoms with Crippen LogP contribution in [0.15, 0.2) is 6.20 Å². The number of nitrogens with zero attached hydrogens (tertiary/aromatic N) is 2. The Balaban J connectivity index is 1.92. The van der Waals surface area contributed by atoms with Crippen molar-refractivity contribution in [3.8, 4) is 0 Å². The van der Waals surface area contributed by atoms with Crippen molar-refractivity contribution in [2.24, 2.45) is 5.92 Å². The zero-order valence-electron chi connectivity index (χ0n) is 10.9. The molecule has 2 rings (SSSR count). The third-order valence-electron chi connectivity index (χ3n) is 3.54. The minimum Gasteiger partial charge on any atom is -0.461 e. The third kappa shape index (κ3) is 2.83. The van der Waals surface area contributed by atoms with Gasteiger partial charge in [-0.25, -0.2) is 4.79 Å². The van der Waals surface area contributed by atoms with E-state index in [-0.39, 0.29) is 5.97 Å². The molecule has 1 aromatic heterocycles. The first kappa shape index (κ1) is 12.9. The van der Waals surface area contributed by atoms with E-state index in [0.29, 0.717) is 30.5 Å². The van der Waals surface area contributed by atoms with Crippen LogP contribution in [-0.2, 0) is 11.3 Å². The van der Waals surface area contributed by atoms with Crippen LogP contribution >= 0.6 is 0 Å². The number of nitrogen functional groups attached to an aromatic ring is 1. The molecule has 0 aliphatic heterocycles. The van der Waals surface area contributed by atoms with E-state index in [1.54, 1.807) is 4.68 Å². The summed E-state index contributed by atoms with van der Waals surface area (Å²) >= 11 is 0. The number of ether oxygens (including phenoxy) is 1. The summed E-state index contributed by atoms with van der Waals surface area (Å²) in [6.07, 6.45) is 7.63. The lowest BCUT2D eigenvalue weighted by molar-refractivity contribution is 0.0397. The molecule has 18 heavy (non-hydrogen) atoms. The van der Waals surface area contributed by atoms with Crippen LogP contribution < -0.4 is 5.73 Å². The van der Waals surface area contributed by atoms with Crippen molar-refractivity contribution in [1.82, 2.24) is 9.78 Å². The Bertz CT molecular complexity index is 408. The molecule has 2 N–H and O–H groups in total. The number of hydrogen-bond acceptors (Lipinski definition) is 4. The molecular weight excluding hydrogens is 230 g/mol. The van der Waals surface area contributed by atoms with Gasteiger partial charge in [-0.2, -0.15) is 5.10 Å². The molecule has 0 amide bonds. The quantitative estimate of drug-likeness (QED) is 0.833. The number of aryl methyl sites for hydroxylation is 1. The number of carbonyl (C=O) groups excluding carboxylic acids is 1. The summed E-state index contributed by atoms with van der Waals surface area (Å²) in [5.74, 6) is 0.166. The van der Waals surface area contributed by atoms with Gasteiger partial charge in [-0.15, -0.1) is 0 Å². The molecule has 100 valence electrons. The second-order valence-electron chi connectivity index (χ2n) is 4.87. The fraction of sp³-hybridized carbons (Fsp3) is 0.692. The van der Waals surface area contributed by atoms with Crippen molar-refractivity contribution in [3.63, 3.8) is 0 Å². The van der Waals surface area contributed by atoms with Crippen LogP contribution in [0.2, 0.25) is 0 Å². The molecule has 0 spiro atoms. The average Bonchev–Trinajstić information content (AvgIpc) is 2.78. The van der Waals surface area contributed by atoms with Gasteiger partial charge in [0.25, 0.3) is 0 Å². The average molecular weight is 251 g/mol. The topological polar surface area (TPSA) is 70.1 Å². The zero-order valence-corrected chi connectivity index (χ0v) is 10.9. The van der Waals surface area contributed by atoms with E-state index < -0.39 is 0 Å². The summed E-state index contributed by atoms with van der Waals surface area (Å²) in [5.41, 5.74) is 6.52. The standard InChI is InChI=1S/C13H21N3O2/c1-2-16-12(11(14)8-15-16)13(17)18-9-10-6-4-3-5-7-10/h8,10H,2-7,9,14H2,1H3. The molecule has 1 aromatic rings. The Morgan fingerprint density at radius 3 is 2.89 bits per heavy atom. The Kier molecular flexibility index (Phi) is 4.23. The SMILES string of the molecule is CCn1ncc(N)c1C(=O)OCC1CCCCC1. The normalized spacial score (nSPS) is 16.7. The number of aromatic nitrogens is 2. The maximum atomic E-state index is 12.0. The zero-order chi connectivity index (χ0) is 13.0. The minimum absolute atomic E-state index is 0.350. The molecule has 1 fully saturated rings. The lowest BCUT2D eigenvalue weighted by Crippen LogP contribution is -2.19. The Morgan fingerprint density at radius 2 is 2.22 bits per heavy atom. The van der Waals surface area contributed by atoms with Gasteiger partial charge in [0, 0.05) is 6.54 Å². The fourth-order valence-corrected chi connectivity index (χ4v) is 2.48. The summed E-state index contributed by atoms with van der Waals surface area (Å²) in [7, 11) is 0. The number of esters is 1. The fourth-order valence-electron chi connectivity index (χ4n) is 2.48. The van der Waals surface area contributed by atoms with Gasteiger partial charge in [-0.3, -0.25) is 4.68 Å². The predicted octanol–water partition coefficient (Wildman–Crippen LogP) is 2.22. The van der Waals surface area contributed by atoms with Crippen LogP contribution in [0.1, 0.15) is 49.5 Å². The summed E-state index contributed by atoms with van der Waals surface area (Å²) < 4.78 is 6.95. The first-order valence-corrected chi connectivity index (χ1v) is 6.70. The lowest BCUT2D eigenvalue weighted by atomic mass is 9.90. The van der Waals surface area contributed by atoms with Gasteiger partial charge in [0.15, 0.2) is 5.69 Å². The summed E-state index contributed by atoms with van der Waals surface area (Å²) in [4.78, 5) is 12.0. The maximum Gasteiger partial charge on any atom is 0.358 e. The van der Waals surface area contributed by atoms with Crippen molar-refractivity contribution in [1.29, 1.82) is 0 Å². The van der Waals surface area contributed by atoms with E-state index >= 15 is 0 Å². The number of hydrogen-bond donors (Lipinski definition) is 1. The first-order chi connectivity index (χ1) is 8.72. The van der Waals surface area contributed by atoms with Gasteiger partial charge >= 0.3 is 5.97 Å². The molecule has 0 unspecified atom stereocenters. The molecule has 1 saturated carbocycles. The summed E-state index contributed by atoms with van der Waals surface area (Å²) in [5, 5.41) is 4.04. The van der Waals surface area contributed by atoms with Crippen LogP contribution in [0.3, 0.4) is 0 Å². The van der Waals surface area contributed by atoms with Crippen molar-refractivity contribution in [2.75, 3.05) is 12.3 Å².